The van der Waals surface area contributed by atoms with Gasteiger partial charge >= 0.3 is 0 Å². The van der Waals surface area contributed by atoms with E-state index in [-0.39, 0.29) is 11.8 Å². The van der Waals surface area contributed by atoms with E-state index in [1.807, 2.05) is 6.26 Å². The van der Waals surface area contributed by atoms with Gasteiger partial charge in [-0.25, -0.2) is 4.98 Å². The SMILES string of the molecule is CSC[C@@H]1NC(=O)[C@H](Cc2cnc[nH]2)NC1=O. The molecule has 0 bridgehead atoms. The van der Waals surface area contributed by atoms with Gasteiger partial charge in [-0.15, -0.1) is 0 Å². The van der Waals surface area contributed by atoms with Crippen LogP contribution in [0.5, 0.6) is 0 Å². The summed E-state index contributed by atoms with van der Waals surface area (Å²) in [6, 6.07) is -0.934. The molecule has 1 aromatic heterocycles. The fourth-order valence-corrected chi connectivity index (χ4v) is 2.29. The van der Waals surface area contributed by atoms with E-state index < -0.39 is 12.1 Å². The van der Waals surface area contributed by atoms with Gasteiger partial charge in [0, 0.05) is 24.1 Å². The maximum absolute atomic E-state index is 11.8. The smallest absolute Gasteiger partial charge is 0.244 e. The molecule has 0 aromatic carbocycles. The van der Waals surface area contributed by atoms with E-state index in [4.69, 9.17) is 0 Å². The lowest BCUT2D eigenvalue weighted by Gasteiger charge is -2.28. The number of piperazine rings is 1. The highest BCUT2D eigenvalue weighted by molar-refractivity contribution is 7.98. The lowest BCUT2D eigenvalue weighted by atomic mass is 10.1. The Morgan fingerprint density at radius 2 is 2.00 bits per heavy atom. The first-order valence-corrected chi connectivity index (χ1v) is 6.67. The average Bonchev–Trinajstić information content (AvgIpc) is 2.78. The monoisotopic (exact) mass is 254 g/mol. The minimum Gasteiger partial charge on any atom is -0.348 e. The lowest BCUT2D eigenvalue weighted by molar-refractivity contribution is -0.136. The summed E-state index contributed by atoms with van der Waals surface area (Å²) in [6.45, 7) is 0. The maximum Gasteiger partial charge on any atom is 0.244 e. The Kier molecular flexibility index (Phi) is 3.68. The molecule has 0 radical (unpaired) electrons. The zero-order chi connectivity index (χ0) is 12.3. The molecular formula is C10H14N4O2S. The van der Waals surface area contributed by atoms with E-state index in [0.29, 0.717) is 12.2 Å². The Balaban J connectivity index is 1.98. The zero-order valence-corrected chi connectivity index (χ0v) is 10.2. The predicted octanol–water partition coefficient (Wildman–Crippen LogP) is -0.702. The zero-order valence-electron chi connectivity index (χ0n) is 9.40. The average molecular weight is 254 g/mol. The Bertz CT molecular complexity index is 406. The van der Waals surface area contributed by atoms with Gasteiger partial charge in [0.2, 0.25) is 11.8 Å². The molecule has 0 saturated carbocycles. The first-order chi connectivity index (χ1) is 8.20. The molecule has 2 atom stereocenters. The number of hydrogen-bond donors (Lipinski definition) is 3. The molecule has 2 heterocycles. The van der Waals surface area contributed by atoms with Crippen LogP contribution in [0.15, 0.2) is 12.5 Å². The van der Waals surface area contributed by atoms with Crippen LogP contribution in [0.3, 0.4) is 0 Å². The molecule has 6 nitrogen and oxygen atoms in total. The Hall–Kier alpha value is -1.50. The molecule has 7 heteroatoms. The van der Waals surface area contributed by atoms with Crippen molar-refractivity contribution in [1.82, 2.24) is 20.6 Å². The van der Waals surface area contributed by atoms with Crippen LogP contribution < -0.4 is 10.6 Å². The standard InChI is InChI=1S/C10H14N4O2S/c1-17-4-8-10(16)13-7(9(15)14-8)2-6-3-11-5-12-6/h3,5,7-8H,2,4H2,1H3,(H,11,12)(H,13,16)(H,14,15)/t7-,8-/m0/s1. The molecule has 2 rings (SSSR count). The van der Waals surface area contributed by atoms with E-state index in [1.165, 1.54) is 11.8 Å². The van der Waals surface area contributed by atoms with Gasteiger partial charge in [0.15, 0.2) is 0 Å². The lowest BCUT2D eigenvalue weighted by Crippen LogP contribution is -2.63. The van der Waals surface area contributed by atoms with Crippen molar-refractivity contribution >= 4 is 23.6 Å². The molecule has 2 amide bonds. The molecule has 17 heavy (non-hydrogen) atoms. The van der Waals surface area contributed by atoms with Gasteiger partial charge in [-0.05, 0) is 6.26 Å². The number of H-pyrrole nitrogens is 1. The molecule has 0 aliphatic carbocycles. The van der Waals surface area contributed by atoms with Crippen molar-refractivity contribution in [2.75, 3.05) is 12.0 Å². The topological polar surface area (TPSA) is 86.9 Å². The van der Waals surface area contributed by atoms with Crippen LogP contribution in [0.4, 0.5) is 0 Å². The van der Waals surface area contributed by atoms with Crippen molar-refractivity contribution in [3.8, 4) is 0 Å². The van der Waals surface area contributed by atoms with Gasteiger partial charge < -0.3 is 15.6 Å². The third kappa shape index (κ3) is 2.79. The predicted molar refractivity (Wildman–Crippen MR) is 64.5 cm³/mol. The number of hydrogen-bond acceptors (Lipinski definition) is 4. The molecule has 0 spiro atoms. The minimum atomic E-state index is -0.513. The van der Waals surface area contributed by atoms with Gasteiger partial charge in [0.25, 0.3) is 0 Å². The van der Waals surface area contributed by atoms with Gasteiger partial charge in [-0.3, -0.25) is 9.59 Å². The molecule has 1 aliphatic rings. The van der Waals surface area contributed by atoms with Crippen molar-refractivity contribution < 1.29 is 9.59 Å². The second kappa shape index (κ2) is 5.22. The number of imidazole rings is 1. The highest BCUT2D eigenvalue weighted by Crippen LogP contribution is 2.06. The van der Waals surface area contributed by atoms with Crippen molar-refractivity contribution in [3.05, 3.63) is 18.2 Å². The number of rotatable bonds is 4. The van der Waals surface area contributed by atoms with Crippen LogP contribution >= 0.6 is 11.8 Å². The summed E-state index contributed by atoms with van der Waals surface area (Å²) in [4.78, 5) is 30.3. The van der Waals surface area contributed by atoms with E-state index in [2.05, 4.69) is 20.6 Å². The number of aromatic amines is 1. The number of aromatic nitrogens is 2. The summed E-state index contributed by atoms with van der Waals surface area (Å²) < 4.78 is 0. The Morgan fingerprint density at radius 1 is 1.29 bits per heavy atom. The molecule has 92 valence electrons. The molecule has 3 N–H and O–H groups in total. The van der Waals surface area contributed by atoms with Crippen LogP contribution in [0.25, 0.3) is 0 Å². The highest BCUT2D eigenvalue weighted by Gasteiger charge is 2.33. The quantitative estimate of drug-likeness (QED) is 0.663. The molecule has 1 fully saturated rings. The van der Waals surface area contributed by atoms with Crippen LogP contribution in [0, 0.1) is 0 Å². The summed E-state index contributed by atoms with van der Waals surface area (Å²) in [5, 5.41) is 5.45. The number of carbonyl (C=O) groups excluding carboxylic acids is 2. The molecule has 1 saturated heterocycles. The molecular weight excluding hydrogens is 240 g/mol. The maximum atomic E-state index is 11.8. The highest BCUT2D eigenvalue weighted by atomic mass is 32.2. The first kappa shape index (κ1) is 12.0. The fraction of sp³-hybridized carbons (Fsp3) is 0.500. The summed E-state index contributed by atoms with van der Waals surface area (Å²) in [5.74, 6) is 0.329. The fourth-order valence-electron chi connectivity index (χ4n) is 1.72. The van der Waals surface area contributed by atoms with Crippen LogP contribution in [0.2, 0.25) is 0 Å². The molecule has 0 unspecified atom stereocenters. The van der Waals surface area contributed by atoms with Gasteiger partial charge in [-0.2, -0.15) is 11.8 Å². The summed E-state index contributed by atoms with van der Waals surface area (Å²) in [5.41, 5.74) is 0.828. The third-order valence-corrected chi connectivity index (χ3v) is 3.24. The van der Waals surface area contributed by atoms with Crippen molar-refractivity contribution in [3.63, 3.8) is 0 Å². The number of nitrogens with zero attached hydrogens (tertiary/aromatic N) is 1. The largest absolute Gasteiger partial charge is 0.348 e. The summed E-state index contributed by atoms with van der Waals surface area (Å²) in [7, 11) is 0. The van der Waals surface area contributed by atoms with Gasteiger partial charge in [-0.1, -0.05) is 0 Å². The number of carbonyl (C=O) groups is 2. The summed E-state index contributed by atoms with van der Waals surface area (Å²) >= 11 is 1.53. The van der Waals surface area contributed by atoms with Crippen molar-refractivity contribution in [1.29, 1.82) is 0 Å². The van der Waals surface area contributed by atoms with E-state index in [1.54, 1.807) is 12.5 Å². The van der Waals surface area contributed by atoms with Crippen LogP contribution in [-0.2, 0) is 16.0 Å². The van der Waals surface area contributed by atoms with E-state index >= 15 is 0 Å². The minimum absolute atomic E-state index is 0.122. The second-order valence-corrected chi connectivity index (χ2v) is 4.77. The number of nitrogens with one attached hydrogen (secondary N) is 3. The van der Waals surface area contributed by atoms with Crippen LogP contribution in [-0.4, -0.2) is 45.9 Å². The van der Waals surface area contributed by atoms with E-state index in [0.717, 1.165) is 5.69 Å². The molecule has 1 aromatic rings. The summed E-state index contributed by atoms with van der Waals surface area (Å²) in [6.07, 6.45) is 5.53. The Labute approximate surface area is 103 Å². The third-order valence-electron chi connectivity index (χ3n) is 2.58. The Morgan fingerprint density at radius 3 is 2.65 bits per heavy atom. The van der Waals surface area contributed by atoms with Crippen molar-refractivity contribution in [2.45, 2.75) is 18.5 Å². The molecule has 1 aliphatic heterocycles. The van der Waals surface area contributed by atoms with Crippen molar-refractivity contribution in [2.24, 2.45) is 0 Å². The second-order valence-electron chi connectivity index (χ2n) is 3.86. The van der Waals surface area contributed by atoms with Gasteiger partial charge in [0.05, 0.1) is 6.33 Å². The van der Waals surface area contributed by atoms with E-state index in [9.17, 15) is 9.59 Å². The first-order valence-electron chi connectivity index (χ1n) is 5.27. The normalized spacial score (nSPS) is 24.3. The van der Waals surface area contributed by atoms with Gasteiger partial charge in [0.1, 0.15) is 12.1 Å². The number of thioether (sulfide) groups is 1. The number of amides is 2. The van der Waals surface area contributed by atoms with Crippen LogP contribution in [0.1, 0.15) is 5.69 Å².